The van der Waals surface area contributed by atoms with Crippen molar-refractivity contribution in [2.24, 2.45) is 5.92 Å². The second kappa shape index (κ2) is 6.96. The summed E-state index contributed by atoms with van der Waals surface area (Å²) in [5, 5.41) is 0. The Morgan fingerprint density at radius 1 is 1.30 bits per heavy atom. The summed E-state index contributed by atoms with van der Waals surface area (Å²) in [5.41, 5.74) is 6.40. The van der Waals surface area contributed by atoms with Crippen molar-refractivity contribution in [3.8, 4) is 0 Å². The number of benzene rings is 1. The maximum absolute atomic E-state index is 2.52. The molecule has 1 heteroatoms. The molecule has 0 N–H and O–H groups in total. The molecule has 0 saturated heterocycles. The summed E-state index contributed by atoms with van der Waals surface area (Å²) in [6.45, 7) is 7.11. The lowest BCUT2D eigenvalue weighted by Gasteiger charge is -2.30. The fraction of sp³-hybridized carbons (Fsp3) is 0.455. The van der Waals surface area contributed by atoms with E-state index in [9.17, 15) is 0 Å². The smallest absolute Gasteiger partial charge is 0.0327 e. The van der Waals surface area contributed by atoms with Gasteiger partial charge < -0.3 is 0 Å². The van der Waals surface area contributed by atoms with Crippen molar-refractivity contribution < 1.29 is 0 Å². The number of allylic oxidation sites excluding steroid dienone is 6. The topological polar surface area (TPSA) is 0 Å². The SMILES string of the molecule is CC/C=C(\CC1Cc2ccccc2C1(C)C)C1=CCC(I)C=C1. The molecule has 3 rings (SSSR count). The molecular weight excluding hydrogens is 391 g/mol. The lowest BCUT2D eigenvalue weighted by atomic mass is 9.74. The van der Waals surface area contributed by atoms with Gasteiger partial charge in [-0.1, -0.05) is 91.9 Å². The van der Waals surface area contributed by atoms with Gasteiger partial charge >= 0.3 is 0 Å². The molecule has 0 aliphatic heterocycles. The molecule has 122 valence electrons. The van der Waals surface area contributed by atoms with E-state index in [1.54, 1.807) is 16.7 Å². The first-order valence-electron chi connectivity index (χ1n) is 8.82. The third kappa shape index (κ3) is 3.50. The highest BCUT2D eigenvalue weighted by molar-refractivity contribution is 14.1. The second-order valence-electron chi connectivity index (χ2n) is 7.39. The molecule has 2 aliphatic rings. The summed E-state index contributed by atoms with van der Waals surface area (Å²) in [6.07, 6.45) is 14.3. The minimum Gasteiger partial charge on any atom is -0.0810 e. The predicted molar refractivity (Wildman–Crippen MR) is 109 cm³/mol. The van der Waals surface area contributed by atoms with Gasteiger partial charge in [0.05, 0.1) is 0 Å². The summed E-state index contributed by atoms with van der Waals surface area (Å²) >= 11 is 2.52. The molecule has 1 aromatic carbocycles. The summed E-state index contributed by atoms with van der Waals surface area (Å²) in [4.78, 5) is 0. The van der Waals surface area contributed by atoms with E-state index in [1.807, 2.05) is 0 Å². The molecule has 1 aromatic rings. The molecule has 2 atom stereocenters. The number of halogens is 1. The van der Waals surface area contributed by atoms with Crippen LogP contribution in [0.3, 0.4) is 0 Å². The van der Waals surface area contributed by atoms with E-state index in [-0.39, 0.29) is 5.41 Å². The van der Waals surface area contributed by atoms with Gasteiger partial charge in [-0.2, -0.15) is 0 Å². The van der Waals surface area contributed by atoms with Gasteiger partial charge in [-0.05, 0) is 59.3 Å². The number of alkyl halides is 1. The third-order valence-electron chi connectivity index (χ3n) is 5.53. The van der Waals surface area contributed by atoms with Crippen LogP contribution >= 0.6 is 22.6 Å². The summed E-state index contributed by atoms with van der Waals surface area (Å²) in [7, 11) is 0. The molecule has 0 heterocycles. The van der Waals surface area contributed by atoms with Gasteiger partial charge in [0.2, 0.25) is 0 Å². The maximum atomic E-state index is 2.52. The first-order chi connectivity index (χ1) is 11.0. The minimum absolute atomic E-state index is 0.272. The van der Waals surface area contributed by atoms with Gasteiger partial charge in [-0.25, -0.2) is 0 Å². The van der Waals surface area contributed by atoms with Gasteiger partial charge in [-0.15, -0.1) is 0 Å². The van der Waals surface area contributed by atoms with E-state index in [2.05, 4.69) is 91.9 Å². The Morgan fingerprint density at radius 2 is 2.09 bits per heavy atom. The van der Waals surface area contributed by atoms with Crippen molar-refractivity contribution in [2.45, 2.75) is 55.8 Å². The van der Waals surface area contributed by atoms with Crippen LogP contribution in [0.15, 0.2) is 59.7 Å². The predicted octanol–water partition coefficient (Wildman–Crippen LogP) is 6.55. The van der Waals surface area contributed by atoms with E-state index in [0.717, 1.165) is 6.42 Å². The lowest BCUT2D eigenvalue weighted by molar-refractivity contribution is 0.347. The molecule has 23 heavy (non-hydrogen) atoms. The minimum atomic E-state index is 0.272. The van der Waals surface area contributed by atoms with Gasteiger partial charge in [0.1, 0.15) is 0 Å². The van der Waals surface area contributed by atoms with Gasteiger partial charge in [-0.3, -0.25) is 0 Å². The standard InChI is InChI=1S/C22H27I/c1-4-7-17(16-10-12-20(23)13-11-16)14-19-15-18-8-5-6-9-21(18)22(19,2)3/h5-12,19-20H,4,13-15H2,1-3H3/b17-7+. The fourth-order valence-electron chi connectivity index (χ4n) is 4.06. The van der Waals surface area contributed by atoms with Crippen molar-refractivity contribution in [1.82, 2.24) is 0 Å². The van der Waals surface area contributed by atoms with Crippen molar-refractivity contribution in [3.05, 3.63) is 70.8 Å². The monoisotopic (exact) mass is 418 g/mol. The molecule has 2 aliphatic carbocycles. The lowest BCUT2D eigenvalue weighted by Crippen LogP contribution is -2.24. The zero-order chi connectivity index (χ0) is 16.4. The second-order valence-corrected chi connectivity index (χ2v) is 8.99. The average molecular weight is 418 g/mol. The van der Waals surface area contributed by atoms with Crippen molar-refractivity contribution in [2.75, 3.05) is 0 Å². The number of hydrogen-bond acceptors (Lipinski definition) is 0. The molecule has 2 unspecified atom stereocenters. The van der Waals surface area contributed by atoms with Crippen LogP contribution in [0.2, 0.25) is 0 Å². The number of fused-ring (bicyclic) bond motifs is 1. The zero-order valence-electron chi connectivity index (χ0n) is 14.5. The van der Waals surface area contributed by atoms with Crippen LogP contribution in [0.4, 0.5) is 0 Å². The molecule has 0 bridgehead atoms. The Morgan fingerprint density at radius 3 is 2.74 bits per heavy atom. The normalized spacial score (nSPS) is 26.1. The van der Waals surface area contributed by atoms with Crippen LogP contribution in [0.5, 0.6) is 0 Å². The summed E-state index contributed by atoms with van der Waals surface area (Å²) in [5.74, 6) is 0.698. The van der Waals surface area contributed by atoms with Crippen LogP contribution in [-0.2, 0) is 11.8 Å². The van der Waals surface area contributed by atoms with Gasteiger partial charge in [0.15, 0.2) is 0 Å². The van der Waals surface area contributed by atoms with Crippen LogP contribution in [0.25, 0.3) is 0 Å². The first kappa shape index (κ1) is 17.0. The van der Waals surface area contributed by atoms with E-state index in [4.69, 9.17) is 0 Å². The van der Waals surface area contributed by atoms with Crippen molar-refractivity contribution >= 4 is 22.6 Å². The average Bonchev–Trinajstić information content (AvgIpc) is 2.79. The van der Waals surface area contributed by atoms with Crippen LogP contribution in [0, 0.1) is 5.92 Å². The third-order valence-corrected chi connectivity index (χ3v) is 6.46. The van der Waals surface area contributed by atoms with Gasteiger partial charge in [0, 0.05) is 3.92 Å². The largest absolute Gasteiger partial charge is 0.0810 e. The number of hydrogen-bond donors (Lipinski definition) is 0. The molecule has 0 spiro atoms. The Bertz CT molecular complexity index is 660. The fourth-order valence-corrected chi connectivity index (χ4v) is 4.52. The van der Waals surface area contributed by atoms with Crippen LogP contribution in [-0.4, -0.2) is 3.92 Å². The Balaban J connectivity index is 1.83. The maximum Gasteiger partial charge on any atom is 0.0327 e. The summed E-state index contributed by atoms with van der Waals surface area (Å²) < 4.78 is 0.659. The van der Waals surface area contributed by atoms with Crippen molar-refractivity contribution in [1.29, 1.82) is 0 Å². The molecule has 0 radical (unpaired) electrons. The van der Waals surface area contributed by atoms with E-state index in [0.29, 0.717) is 9.84 Å². The van der Waals surface area contributed by atoms with Crippen LogP contribution < -0.4 is 0 Å². The molecular formula is C22H27I. The zero-order valence-corrected chi connectivity index (χ0v) is 16.6. The van der Waals surface area contributed by atoms with E-state index >= 15 is 0 Å². The Hall–Kier alpha value is -0.830. The highest BCUT2D eigenvalue weighted by atomic mass is 127. The van der Waals surface area contributed by atoms with E-state index in [1.165, 1.54) is 24.8 Å². The quantitative estimate of drug-likeness (QED) is 0.384. The molecule has 0 fully saturated rings. The molecule has 0 amide bonds. The van der Waals surface area contributed by atoms with Crippen molar-refractivity contribution in [3.63, 3.8) is 0 Å². The molecule has 0 nitrogen and oxygen atoms in total. The highest BCUT2D eigenvalue weighted by Crippen LogP contribution is 2.46. The Kier molecular flexibility index (Phi) is 5.15. The van der Waals surface area contributed by atoms with Crippen LogP contribution in [0.1, 0.15) is 51.2 Å². The summed E-state index contributed by atoms with van der Waals surface area (Å²) in [6, 6.07) is 9.03. The highest BCUT2D eigenvalue weighted by Gasteiger charge is 2.39. The molecule has 0 aromatic heterocycles. The van der Waals surface area contributed by atoms with Gasteiger partial charge in [0.25, 0.3) is 0 Å². The Labute approximate surface area is 154 Å². The first-order valence-corrected chi connectivity index (χ1v) is 10.1. The molecule has 0 saturated carbocycles. The number of rotatable bonds is 4. The van der Waals surface area contributed by atoms with E-state index < -0.39 is 0 Å².